The van der Waals surface area contributed by atoms with Crippen LogP contribution in [0, 0.1) is 0 Å². The molecule has 3 rings (SSSR count). The molecular weight excluding hydrogens is 284 g/mol. The Hall–Kier alpha value is -2.54. The van der Waals surface area contributed by atoms with Crippen molar-refractivity contribution in [3.8, 4) is 0 Å². The maximum atomic E-state index is 12.2. The van der Waals surface area contributed by atoms with Gasteiger partial charge in [0.05, 0.1) is 33.2 Å². The number of nitrogens with two attached hydrogens (primary N) is 2. The van der Waals surface area contributed by atoms with Crippen molar-refractivity contribution in [1.82, 2.24) is 4.98 Å². The summed E-state index contributed by atoms with van der Waals surface area (Å²) in [7, 11) is 1.53. The molecule has 2 aromatic rings. The van der Waals surface area contributed by atoms with Crippen LogP contribution < -0.4 is 16.4 Å². The molecule has 0 aliphatic carbocycles. The number of carbonyl (C=O) groups is 2. The molecule has 102 valence electrons. The molecule has 1 aromatic heterocycles. The van der Waals surface area contributed by atoms with E-state index in [4.69, 9.17) is 28.2 Å². The third kappa shape index (κ3) is 1.32. The van der Waals surface area contributed by atoms with Crippen LogP contribution in [0.1, 0.15) is 20.8 Å². The number of carbonyl (C=O) groups excluding carboxylic acids is 1. The summed E-state index contributed by atoms with van der Waals surface area (Å²) >= 11 is 6.03. The van der Waals surface area contributed by atoms with Crippen LogP contribution in [-0.2, 0) is 0 Å². The fraction of sp³-hybridized carbons (Fsp3) is 0.0833. The number of hydrogen-bond acceptors (Lipinski definition) is 5. The van der Waals surface area contributed by atoms with Crippen molar-refractivity contribution in [3.63, 3.8) is 0 Å². The predicted octanol–water partition coefficient (Wildman–Crippen LogP) is 1.34. The van der Waals surface area contributed by atoms with E-state index in [9.17, 15) is 9.59 Å². The first-order valence-corrected chi connectivity index (χ1v) is 5.95. The third-order valence-corrected chi connectivity index (χ3v) is 3.74. The van der Waals surface area contributed by atoms with E-state index in [2.05, 4.69) is 4.98 Å². The minimum absolute atomic E-state index is 0.0649. The lowest BCUT2D eigenvalue weighted by Gasteiger charge is -2.15. The first-order chi connectivity index (χ1) is 9.34. The Morgan fingerprint density at radius 2 is 2.05 bits per heavy atom. The molecule has 7 nitrogen and oxygen atoms in total. The second-order valence-corrected chi connectivity index (χ2v) is 4.82. The van der Waals surface area contributed by atoms with E-state index in [1.165, 1.54) is 18.0 Å². The number of aromatic carboxylic acids is 1. The number of halogens is 1. The van der Waals surface area contributed by atoms with Crippen LogP contribution in [-0.4, -0.2) is 29.0 Å². The van der Waals surface area contributed by atoms with Gasteiger partial charge in [0, 0.05) is 12.4 Å². The van der Waals surface area contributed by atoms with Crippen molar-refractivity contribution in [1.29, 1.82) is 0 Å². The van der Waals surface area contributed by atoms with Crippen LogP contribution in [0.2, 0.25) is 5.02 Å². The molecule has 1 aliphatic rings. The predicted molar refractivity (Wildman–Crippen MR) is 75.3 cm³/mol. The maximum Gasteiger partial charge on any atom is 0.354 e. The smallest absolute Gasteiger partial charge is 0.354 e. The van der Waals surface area contributed by atoms with Crippen molar-refractivity contribution in [2.75, 3.05) is 23.4 Å². The summed E-state index contributed by atoms with van der Waals surface area (Å²) < 4.78 is 0. The van der Waals surface area contributed by atoms with E-state index in [-0.39, 0.29) is 39.1 Å². The Kier molecular flexibility index (Phi) is 2.33. The summed E-state index contributed by atoms with van der Waals surface area (Å²) in [4.78, 5) is 28.6. The Morgan fingerprint density at radius 3 is 2.65 bits per heavy atom. The van der Waals surface area contributed by atoms with Crippen LogP contribution in [0.5, 0.6) is 0 Å². The zero-order chi connectivity index (χ0) is 14.8. The number of nitrogens with zero attached hydrogens (tertiary/aromatic N) is 2. The Balaban J connectivity index is 2.58. The maximum absolute atomic E-state index is 12.2. The number of hydrogen-bond donors (Lipinski definition) is 3. The van der Waals surface area contributed by atoms with Gasteiger partial charge in [-0.05, 0) is 6.07 Å². The topological polar surface area (TPSA) is 123 Å². The molecule has 5 N–H and O–H groups in total. The van der Waals surface area contributed by atoms with Crippen molar-refractivity contribution >= 4 is 51.4 Å². The molecule has 8 heteroatoms. The molecule has 1 amide bonds. The summed E-state index contributed by atoms with van der Waals surface area (Å²) in [5.41, 5.74) is 12.5. The molecule has 0 bridgehead atoms. The highest BCUT2D eigenvalue weighted by atomic mass is 35.5. The summed E-state index contributed by atoms with van der Waals surface area (Å²) in [5, 5.41) is 9.56. The number of carboxylic acids is 1. The van der Waals surface area contributed by atoms with Crippen LogP contribution in [0.3, 0.4) is 0 Å². The van der Waals surface area contributed by atoms with Crippen molar-refractivity contribution < 1.29 is 14.7 Å². The molecule has 0 unspecified atom stereocenters. The Bertz CT molecular complexity index is 818. The molecule has 0 saturated carbocycles. The number of anilines is 3. The molecule has 1 aliphatic heterocycles. The molecule has 2 heterocycles. The van der Waals surface area contributed by atoms with Gasteiger partial charge in [0.25, 0.3) is 5.91 Å². The summed E-state index contributed by atoms with van der Waals surface area (Å²) in [6, 6.07) is 1.22. The molecule has 20 heavy (non-hydrogen) atoms. The highest BCUT2D eigenvalue weighted by molar-refractivity contribution is 6.41. The van der Waals surface area contributed by atoms with E-state index < -0.39 is 5.97 Å². The zero-order valence-corrected chi connectivity index (χ0v) is 11.0. The number of aromatic nitrogens is 1. The Labute approximate surface area is 117 Å². The van der Waals surface area contributed by atoms with Gasteiger partial charge in [-0.15, -0.1) is 0 Å². The molecule has 0 spiro atoms. The van der Waals surface area contributed by atoms with Gasteiger partial charge in [0.15, 0.2) is 0 Å². The van der Waals surface area contributed by atoms with Gasteiger partial charge >= 0.3 is 5.97 Å². The molecule has 0 radical (unpaired) electrons. The first-order valence-electron chi connectivity index (χ1n) is 5.57. The van der Waals surface area contributed by atoms with Gasteiger partial charge in [-0.1, -0.05) is 11.6 Å². The molecule has 1 aromatic carbocycles. The number of rotatable bonds is 1. The molecule has 0 atom stereocenters. The second kappa shape index (κ2) is 3.73. The van der Waals surface area contributed by atoms with Crippen molar-refractivity contribution in [2.24, 2.45) is 0 Å². The van der Waals surface area contributed by atoms with E-state index in [0.29, 0.717) is 11.1 Å². The van der Waals surface area contributed by atoms with E-state index in [1.807, 2.05) is 0 Å². The van der Waals surface area contributed by atoms with E-state index in [1.54, 1.807) is 0 Å². The molecule has 0 fully saturated rings. The fourth-order valence-electron chi connectivity index (χ4n) is 2.38. The third-order valence-electron chi connectivity index (χ3n) is 3.33. The van der Waals surface area contributed by atoms with Gasteiger partial charge < -0.3 is 21.5 Å². The van der Waals surface area contributed by atoms with Crippen LogP contribution >= 0.6 is 11.6 Å². The van der Waals surface area contributed by atoms with Crippen LogP contribution in [0.25, 0.3) is 10.9 Å². The van der Waals surface area contributed by atoms with Crippen LogP contribution in [0.4, 0.5) is 17.1 Å². The van der Waals surface area contributed by atoms with Gasteiger partial charge in [-0.3, -0.25) is 4.79 Å². The lowest BCUT2D eigenvalue weighted by molar-refractivity contribution is 0.0691. The zero-order valence-electron chi connectivity index (χ0n) is 10.3. The minimum atomic E-state index is -1.25. The SMILES string of the molecule is CN1C(=O)c2cc(C(=O)O)nc3c(N)c(Cl)c(N)c1c23. The lowest BCUT2D eigenvalue weighted by atomic mass is 10.1. The summed E-state index contributed by atoms with van der Waals surface area (Å²) in [6.45, 7) is 0. The minimum Gasteiger partial charge on any atom is -0.477 e. The summed E-state index contributed by atoms with van der Waals surface area (Å²) in [5.74, 6) is -1.62. The highest BCUT2D eigenvalue weighted by Gasteiger charge is 2.33. The molecule has 0 saturated heterocycles. The fourth-order valence-corrected chi connectivity index (χ4v) is 2.56. The molecular formula is C12H9ClN4O3. The standard InChI is InChI=1S/C12H9ClN4O3/c1-17-10-5-3(11(17)18)2-4(12(19)20)16-9(5)7(14)6(13)8(10)15/h2H,14-15H2,1H3,(H,19,20). The number of nitrogen functional groups attached to an aromatic ring is 2. The van der Waals surface area contributed by atoms with Crippen molar-refractivity contribution in [2.45, 2.75) is 0 Å². The largest absolute Gasteiger partial charge is 0.477 e. The van der Waals surface area contributed by atoms with Gasteiger partial charge in [-0.25, -0.2) is 9.78 Å². The van der Waals surface area contributed by atoms with Gasteiger partial charge in [0.2, 0.25) is 0 Å². The number of pyridine rings is 1. The highest BCUT2D eigenvalue weighted by Crippen LogP contribution is 2.47. The Morgan fingerprint density at radius 1 is 1.40 bits per heavy atom. The van der Waals surface area contributed by atoms with E-state index in [0.717, 1.165) is 0 Å². The monoisotopic (exact) mass is 292 g/mol. The quantitative estimate of drug-likeness (QED) is 0.682. The average molecular weight is 293 g/mol. The second-order valence-electron chi connectivity index (χ2n) is 4.44. The number of carboxylic acid groups (broad SMARTS) is 1. The lowest BCUT2D eigenvalue weighted by Crippen LogP contribution is -2.21. The number of amides is 1. The van der Waals surface area contributed by atoms with Crippen LogP contribution in [0.15, 0.2) is 6.07 Å². The average Bonchev–Trinajstić information content (AvgIpc) is 2.67. The van der Waals surface area contributed by atoms with Crippen molar-refractivity contribution in [3.05, 3.63) is 22.3 Å². The first kappa shape index (κ1) is 12.5. The normalized spacial score (nSPS) is 13.3. The van der Waals surface area contributed by atoms with Gasteiger partial charge in [-0.2, -0.15) is 0 Å². The van der Waals surface area contributed by atoms with Gasteiger partial charge in [0.1, 0.15) is 5.69 Å². The number of benzene rings is 1. The summed E-state index contributed by atoms with van der Waals surface area (Å²) in [6.07, 6.45) is 0. The van der Waals surface area contributed by atoms with E-state index >= 15 is 0 Å².